The number of rotatable bonds is 0. The molecule has 0 heterocycles. The highest BCUT2D eigenvalue weighted by Gasteiger charge is 1.85. The highest BCUT2D eigenvalue weighted by atomic mass is 16.1. The van der Waals surface area contributed by atoms with Gasteiger partial charge in [-0.2, -0.15) is 0 Å². The first-order valence-corrected chi connectivity index (χ1v) is 5.61. The van der Waals surface area contributed by atoms with Crippen molar-refractivity contribution in [3.8, 4) is 0 Å². The second-order valence-electron chi connectivity index (χ2n) is 3.26. The highest BCUT2D eigenvalue weighted by Crippen LogP contribution is 2.11. The predicted molar refractivity (Wildman–Crippen MR) is 78.4 cm³/mol. The summed E-state index contributed by atoms with van der Waals surface area (Å²) in [5, 5.41) is 2.62. The summed E-state index contributed by atoms with van der Waals surface area (Å²) in [5.74, 6) is 0.167. The molecule has 0 fully saturated rings. The minimum Gasteiger partial charge on any atom is -0.300 e. The van der Waals surface area contributed by atoms with Crippen molar-refractivity contribution in [3.05, 3.63) is 48.5 Å². The fraction of sp³-hybridized carbons (Fsp3) is 0.312. The van der Waals surface area contributed by atoms with Crippen LogP contribution in [0.2, 0.25) is 0 Å². The number of carbonyl (C=O) groups excluding carboxylic acids is 1. The molecule has 2 aromatic carbocycles. The average Bonchev–Trinajstić information content (AvgIpc) is 2.31. The van der Waals surface area contributed by atoms with Gasteiger partial charge in [0.15, 0.2) is 0 Å². The van der Waals surface area contributed by atoms with E-state index in [4.69, 9.17) is 0 Å². The van der Waals surface area contributed by atoms with Crippen LogP contribution in [0, 0.1) is 0 Å². The summed E-state index contributed by atoms with van der Waals surface area (Å²) in [7, 11) is 0. The maximum absolute atomic E-state index is 9.44. The zero-order chi connectivity index (χ0) is 12.4. The molecule has 0 amide bonds. The number of fused-ring (bicyclic) bond motifs is 1. The predicted octanol–water partition coefficient (Wildman–Crippen LogP) is 5.10. The molecule has 0 aliphatic carbocycles. The molecule has 0 saturated carbocycles. The average molecular weight is 232 g/mol. The molecule has 2 rings (SSSR count). The van der Waals surface area contributed by atoms with E-state index in [9.17, 15) is 4.79 Å². The Morgan fingerprint density at radius 1 is 0.765 bits per heavy atom. The Bertz CT molecular complexity index is 349. The molecule has 17 heavy (non-hydrogen) atoms. The number of ketones is 1. The summed E-state index contributed by atoms with van der Waals surface area (Å²) in [6, 6.07) is 16.7. The van der Waals surface area contributed by atoms with Gasteiger partial charge in [-0.3, -0.25) is 0 Å². The number of hydrogen-bond donors (Lipinski definition) is 0. The number of hydrogen-bond acceptors (Lipinski definition) is 1. The fourth-order valence-electron chi connectivity index (χ4n) is 1.13. The van der Waals surface area contributed by atoms with Crippen molar-refractivity contribution in [2.24, 2.45) is 0 Å². The SMILES string of the molecule is C.CC.CC(C)=O.c1ccc2ccccc2c1. The Kier molecular flexibility index (Phi) is 11.4. The molecule has 0 spiro atoms. The summed E-state index contributed by atoms with van der Waals surface area (Å²) < 4.78 is 0. The zero-order valence-corrected chi connectivity index (χ0v) is 10.5. The molecular weight excluding hydrogens is 208 g/mol. The van der Waals surface area contributed by atoms with Gasteiger partial charge in [0.2, 0.25) is 0 Å². The molecule has 0 aliphatic rings. The van der Waals surface area contributed by atoms with E-state index in [1.807, 2.05) is 13.8 Å². The first-order valence-electron chi connectivity index (χ1n) is 5.61. The lowest BCUT2D eigenvalue weighted by Crippen LogP contribution is -1.69. The lowest BCUT2D eigenvalue weighted by Gasteiger charge is -1.92. The van der Waals surface area contributed by atoms with Crippen LogP contribution in [0.1, 0.15) is 35.1 Å². The molecule has 0 aromatic heterocycles. The van der Waals surface area contributed by atoms with Crippen LogP contribution >= 0.6 is 0 Å². The van der Waals surface area contributed by atoms with E-state index in [0.29, 0.717) is 0 Å². The monoisotopic (exact) mass is 232 g/mol. The Morgan fingerprint density at radius 2 is 0.941 bits per heavy atom. The first kappa shape index (κ1) is 17.8. The van der Waals surface area contributed by atoms with Crippen LogP contribution in [0.4, 0.5) is 0 Å². The third-order valence-corrected chi connectivity index (χ3v) is 1.66. The van der Waals surface area contributed by atoms with Crippen LogP contribution < -0.4 is 0 Å². The molecule has 0 saturated heterocycles. The minimum atomic E-state index is 0. The molecule has 0 aliphatic heterocycles. The Labute approximate surface area is 105 Å². The van der Waals surface area contributed by atoms with Gasteiger partial charge in [0.1, 0.15) is 5.78 Å². The van der Waals surface area contributed by atoms with Gasteiger partial charge in [0.05, 0.1) is 0 Å². The van der Waals surface area contributed by atoms with Gasteiger partial charge in [0, 0.05) is 0 Å². The maximum atomic E-state index is 9.44. The first-order chi connectivity index (χ1) is 7.70. The normalized spacial score (nSPS) is 7.76. The van der Waals surface area contributed by atoms with Crippen LogP contribution in [0.3, 0.4) is 0 Å². The van der Waals surface area contributed by atoms with Crippen LogP contribution in [0.15, 0.2) is 48.5 Å². The van der Waals surface area contributed by atoms with Gasteiger partial charge in [-0.15, -0.1) is 0 Å². The van der Waals surface area contributed by atoms with Crippen LogP contribution in [-0.2, 0) is 4.79 Å². The van der Waals surface area contributed by atoms with Gasteiger partial charge in [-0.1, -0.05) is 69.8 Å². The fourth-order valence-corrected chi connectivity index (χ4v) is 1.13. The van der Waals surface area contributed by atoms with Crippen molar-refractivity contribution in [2.45, 2.75) is 35.1 Å². The van der Waals surface area contributed by atoms with E-state index < -0.39 is 0 Å². The summed E-state index contributed by atoms with van der Waals surface area (Å²) in [5.41, 5.74) is 0. The van der Waals surface area contributed by atoms with E-state index in [1.54, 1.807) is 0 Å². The Morgan fingerprint density at radius 3 is 1.12 bits per heavy atom. The van der Waals surface area contributed by atoms with E-state index >= 15 is 0 Å². The third kappa shape index (κ3) is 8.21. The van der Waals surface area contributed by atoms with E-state index in [0.717, 1.165) is 0 Å². The van der Waals surface area contributed by atoms with Crippen molar-refractivity contribution < 1.29 is 4.79 Å². The quantitative estimate of drug-likeness (QED) is 0.617. The second kappa shape index (κ2) is 10.9. The van der Waals surface area contributed by atoms with E-state index in [2.05, 4.69) is 48.5 Å². The van der Waals surface area contributed by atoms with Gasteiger partial charge in [-0.05, 0) is 24.6 Å². The lowest BCUT2D eigenvalue weighted by molar-refractivity contribution is -0.114. The van der Waals surface area contributed by atoms with Crippen LogP contribution in [0.25, 0.3) is 10.8 Å². The molecule has 0 unspecified atom stereocenters. The summed E-state index contributed by atoms with van der Waals surface area (Å²) in [6.45, 7) is 7.06. The number of carbonyl (C=O) groups is 1. The van der Waals surface area contributed by atoms with Gasteiger partial charge < -0.3 is 4.79 Å². The summed E-state index contributed by atoms with van der Waals surface area (Å²) >= 11 is 0. The topological polar surface area (TPSA) is 17.1 Å². The molecule has 0 N–H and O–H groups in total. The van der Waals surface area contributed by atoms with Crippen molar-refractivity contribution in [1.29, 1.82) is 0 Å². The number of Topliss-reactive ketones (excluding diaryl/α,β-unsaturated/α-hetero) is 1. The largest absolute Gasteiger partial charge is 0.300 e. The van der Waals surface area contributed by atoms with Crippen LogP contribution in [0.5, 0.6) is 0 Å². The molecule has 1 nitrogen and oxygen atoms in total. The van der Waals surface area contributed by atoms with Crippen molar-refractivity contribution in [2.75, 3.05) is 0 Å². The van der Waals surface area contributed by atoms with Gasteiger partial charge in [0.25, 0.3) is 0 Å². The molecule has 0 radical (unpaired) electrons. The minimum absolute atomic E-state index is 0. The molecule has 94 valence electrons. The van der Waals surface area contributed by atoms with Crippen LogP contribution in [-0.4, -0.2) is 5.78 Å². The zero-order valence-electron chi connectivity index (χ0n) is 10.5. The Balaban J connectivity index is 0. The molecule has 0 bridgehead atoms. The van der Waals surface area contributed by atoms with Crippen molar-refractivity contribution in [1.82, 2.24) is 0 Å². The Hall–Kier alpha value is -1.63. The van der Waals surface area contributed by atoms with Gasteiger partial charge in [-0.25, -0.2) is 0 Å². The molecule has 0 atom stereocenters. The van der Waals surface area contributed by atoms with Crippen molar-refractivity contribution >= 4 is 16.6 Å². The molecular formula is C16H24O. The standard InChI is InChI=1S/C10H8.C3H6O.C2H6.CH4/c1-2-6-10-8-4-3-7-9(10)5-1;1-3(2)4;1-2;/h1-8H;1-2H3;1-2H3;1H4. The van der Waals surface area contributed by atoms with E-state index in [1.165, 1.54) is 24.6 Å². The molecule has 2 aromatic rings. The maximum Gasteiger partial charge on any atom is 0.126 e. The summed E-state index contributed by atoms with van der Waals surface area (Å²) in [4.78, 5) is 9.44. The molecule has 1 heteroatoms. The third-order valence-electron chi connectivity index (χ3n) is 1.66. The number of benzene rings is 2. The highest BCUT2D eigenvalue weighted by molar-refractivity contribution is 5.82. The van der Waals surface area contributed by atoms with E-state index in [-0.39, 0.29) is 13.2 Å². The van der Waals surface area contributed by atoms with Gasteiger partial charge >= 0.3 is 0 Å². The summed E-state index contributed by atoms with van der Waals surface area (Å²) in [6.07, 6.45) is 0. The van der Waals surface area contributed by atoms with Crippen molar-refractivity contribution in [3.63, 3.8) is 0 Å². The smallest absolute Gasteiger partial charge is 0.126 e. The second-order valence-corrected chi connectivity index (χ2v) is 3.26. The lowest BCUT2D eigenvalue weighted by atomic mass is 10.1.